The van der Waals surface area contributed by atoms with E-state index in [1.165, 1.54) is 20.2 Å². The lowest BCUT2D eigenvalue weighted by atomic mass is 9.96. The number of pyridine rings is 1. The molecule has 30 heavy (non-hydrogen) atoms. The Balaban J connectivity index is 2.19. The number of methoxy groups -OCH3 is 2. The number of nitrogens with zero attached hydrogens (tertiary/aromatic N) is 2. The fraction of sp³-hybridized carbons (Fsp3) is 0.556. The molecule has 1 heterocycles. The molecule has 0 aromatic carbocycles. The molecule has 0 radical (unpaired) electrons. The zero-order valence-corrected chi connectivity index (χ0v) is 17.6. The summed E-state index contributed by atoms with van der Waals surface area (Å²) in [5.41, 5.74) is 0.519. The number of nitrogens with one attached hydrogen (secondary N) is 1. The molecule has 2 rings (SSSR count). The van der Waals surface area contributed by atoms with Gasteiger partial charge < -0.3 is 14.2 Å². The number of anilines is 1. The van der Waals surface area contributed by atoms with Crippen LogP contribution in [0.4, 0.5) is 18.9 Å². The first-order valence-electron chi connectivity index (χ1n) is 9.09. The molecule has 1 aromatic heterocycles. The zero-order valence-electron chi connectivity index (χ0n) is 16.8. The van der Waals surface area contributed by atoms with Crippen LogP contribution >= 0.6 is 0 Å². The SMILES string of the molecule is COc1nc(OCC(F)F)c(F)cc1NS(=O)(=O)/C(C)=C/N=C1CCCC(OC)C1. The van der Waals surface area contributed by atoms with E-state index in [1.807, 2.05) is 0 Å². The minimum Gasteiger partial charge on any atom is -0.479 e. The number of halogens is 3. The lowest BCUT2D eigenvalue weighted by molar-refractivity contribution is 0.0770. The number of aliphatic imine (C=N–C) groups is 1. The molecular weight excluding hydrogens is 427 g/mol. The fourth-order valence-electron chi connectivity index (χ4n) is 2.72. The van der Waals surface area contributed by atoms with E-state index in [0.29, 0.717) is 6.42 Å². The number of ether oxygens (including phenoxy) is 3. The molecule has 8 nitrogen and oxygen atoms in total. The third-order valence-electron chi connectivity index (χ3n) is 4.33. The van der Waals surface area contributed by atoms with Gasteiger partial charge in [-0.05, 0) is 26.2 Å². The van der Waals surface area contributed by atoms with Crippen LogP contribution in [-0.4, -0.2) is 52.5 Å². The first-order valence-corrected chi connectivity index (χ1v) is 10.6. The Morgan fingerprint density at radius 1 is 1.40 bits per heavy atom. The normalized spacial score (nSPS) is 19.2. The van der Waals surface area contributed by atoms with E-state index in [1.54, 1.807) is 7.11 Å². The number of hydrogen-bond acceptors (Lipinski definition) is 7. The molecule has 0 aliphatic heterocycles. The van der Waals surface area contributed by atoms with Gasteiger partial charge in [0.2, 0.25) is 5.88 Å². The van der Waals surface area contributed by atoms with Crippen LogP contribution in [0.2, 0.25) is 0 Å². The van der Waals surface area contributed by atoms with Gasteiger partial charge in [0.1, 0.15) is 5.69 Å². The maximum absolute atomic E-state index is 14.1. The van der Waals surface area contributed by atoms with Gasteiger partial charge in [-0.2, -0.15) is 4.98 Å². The summed E-state index contributed by atoms with van der Waals surface area (Å²) in [6, 6.07) is 0.744. The van der Waals surface area contributed by atoms with Gasteiger partial charge in [0.15, 0.2) is 12.4 Å². The van der Waals surface area contributed by atoms with Crippen molar-refractivity contribution in [3.63, 3.8) is 0 Å². The van der Waals surface area contributed by atoms with E-state index in [2.05, 4.69) is 19.4 Å². The topological polar surface area (TPSA) is 99.1 Å². The Bertz CT molecular complexity index is 907. The molecule has 1 atom stereocenters. The lowest BCUT2D eigenvalue weighted by Gasteiger charge is -2.21. The molecule has 168 valence electrons. The summed E-state index contributed by atoms with van der Waals surface area (Å²) < 4.78 is 80.7. The van der Waals surface area contributed by atoms with Crippen LogP contribution in [0.3, 0.4) is 0 Å². The molecular formula is C18H24F3N3O5S. The van der Waals surface area contributed by atoms with Crippen LogP contribution in [0.25, 0.3) is 0 Å². The summed E-state index contributed by atoms with van der Waals surface area (Å²) in [5, 5.41) is 0. The molecule has 1 aromatic rings. The number of aromatic nitrogens is 1. The van der Waals surface area contributed by atoms with Crippen molar-refractivity contribution in [3.05, 3.63) is 23.0 Å². The lowest BCUT2D eigenvalue weighted by Crippen LogP contribution is -2.21. The number of hydrogen-bond donors (Lipinski definition) is 1. The largest absolute Gasteiger partial charge is 0.479 e. The van der Waals surface area contributed by atoms with Gasteiger partial charge >= 0.3 is 0 Å². The Hall–Kier alpha value is -2.34. The summed E-state index contributed by atoms with van der Waals surface area (Å²) >= 11 is 0. The quantitative estimate of drug-likeness (QED) is 0.617. The third kappa shape index (κ3) is 6.59. The number of sulfonamides is 1. The maximum atomic E-state index is 14.1. The second-order valence-electron chi connectivity index (χ2n) is 6.53. The summed E-state index contributed by atoms with van der Waals surface area (Å²) in [6.45, 7) is 0.268. The van der Waals surface area contributed by atoms with Crippen LogP contribution in [-0.2, 0) is 14.8 Å². The van der Waals surface area contributed by atoms with Crippen molar-refractivity contribution in [2.24, 2.45) is 4.99 Å². The van der Waals surface area contributed by atoms with Crippen LogP contribution in [0.15, 0.2) is 22.2 Å². The Morgan fingerprint density at radius 2 is 2.13 bits per heavy atom. The fourth-order valence-corrected chi connectivity index (χ4v) is 3.51. The average molecular weight is 451 g/mol. The highest BCUT2D eigenvalue weighted by molar-refractivity contribution is 7.96. The first kappa shape index (κ1) is 23.9. The highest BCUT2D eigenvalue weighted by Crippen LogP contribution is 2.30. The van der Waals surface area contributed by atoms with Crippen molar-refractivity contribution < 1.29 is 35.8 Å². The summed E-state index contributed by atoms with van der Waals surface area (Å²) in [4.78, 5) is 7.73. The van der Waals surface area contributed by atoms with E-state index < -0.39 is 34.8 Å². The molecule has 1 aliphatic rings. The van der Waals surface area contributed by atoms with Gasteiger partial charge in [-0.3, -0.25) is 9.71 Å². The van der Waals surface area contributed by atoms with Gasteiger partial charge in [0.25, 0.3) is 22.3 Å². The van der Waals surface area contributed by atoms with E-state index in [9.17, 15) is 21.6 Å². The van der Waals surface area contributed by atoms with Crippen LogP contribution < -0.4 is 14.2 Å². The van der Waals surface area contributed by atoms with Crippen molar-refractivity contribution in [1.82, 2.24) is 4.98 Å². The first-order chi connectivity index (χ1) is 14.2. The molecule has 1 fully saturated rings. The monoisotopic (exact) mass is 451 g/mol. The van der Waals surface area contributed by atoms with Crippen LogP contribution in [0.5, 0.6) is 11.8 Å². The van der Waals surface area contributed by atoms with Gasteiger partial charge in [0.05, 0.1) is 18.1 Å². The van der Waals surface area contributed by atoms with E-state index in [4.69, 9.17) is 9.47 Å². The predicted molar refractivity (Wildman–Crippen MR) is 105 cm³/mol. The maximum Gasteiger partial charge on any atom is 0.272 e. The average Bonchev–Trinajstić information content (AvgIpc) is 2.71. The second kappa shape index (κ2) is 10.6. The van der Waals surface area contributed by atoms with Crippen molar-refractivity contribution in [2.75, 3.05) is 25.5 Å². The van der Waals surface area contributed by atoms with Crippen molar-refractivity contribution >= 4 is 21.4 Å². The Kier molecular flexibility index (Phi) is 8.47. The number of rotatable bonds is 9. The number of allylic oxidation sites excluding steroid dienone is 1. The second-order valence-corrected chi connectivity index (χ2v) is 8.38. The van der Waals surface area contributed by atoms with Gasteiger partial charge in [-0.25, -0.2) is 21.6 Å². The highest BCUT2D eigenvalue weighted by atomic mass is 32.2. The molecule has 0 saturated heterocycles. The molecule has 0 spiro atoms. The predicted octanol–water partition coefficient (Wildman–Crippen LogP) is 3.51. The summed E-state index contributed by atoms with van der Waals surface area (Å²) in [7, 11) is -1.31. The van der Waals surface area contributed by atoms with E-state index in [0.717, 1.165) is 31.0 Å². The molecule has 1 aliphatic carbocycles. The van der Waals surface area contributed by atoms with Crippen LogP contribution in [0, 0.1) is 5.82 Å². The number of alkyl halides is 2. The molecule has 1 N–H and O–H groups in total. The Labute approximate surface area is 173 Å². The summed E-state index contributed by atoms with van der Waals surface area (Å²) in [5.74, 6) is -2.18. The van der Waals surface area contributed by atoms with E-state index >= 15 is 0 Å². The van der Waals surface area contributed by atoms with Crippen LogP contribution in [0.1, 0.15) is 32.6 Å². The van der Waals surface area contributed by atoms with Crippen molar-refractivity contribution in [3.8, 4) is 11.8 Å². The Morgan fingerprint density at radius 3 is 2.77 bits per heavy atom. The van der Waals surface area contributed by atoms with Crippen molar-refractivity contribution in [1.29, 1.82) is 0 Å². The minimum absolute atomic E-state index is 0.0602. The highest BCUT2D eigenvalue weighted by Gasteiger charge is 2.21. The zero-order chi connectivity index (χ0) is 22.3. The molecule has 1 unspecified atom stereocenters. The molecule has 0 amide bonds. The van der Waals surface area contributed by atoms with Crippen molar-refractivity contribution in [2.45, 2.75) is 45.1 Å². The smallest absolute Gasteiger partial charge is 0.272 e. The third-order valence-corrected chi connectivity index (χ3v) is 5.78. The molecule has 12 heteroatoms. The standard InChI is InChI=1S/C18H24F3N3O5S/c1-11(9-22-12-5-4-6-13(7-12)27-2)30(25,26)24-15-8-14(19)17(23-18(15)28-3)29-10-16(20)21/h8-9,13,16,24H,4-7,10H2,1-3H3/b11-9+,22-12?. The molecule has 0 bridgehead atoms. The van der Waals surface area contributed by atoms with Gasteiger partial charge in [-0.15, -0.1) is 0 Å². The minimum atomic E-state index is -4.10. The molecule has 1 saturated carbocycles. The van der Waals surface area contributed by atoms with Gasteiger partial charge in [-0.1, -0.05) is 0 Å². The van der Waals surface area contributed by atoms with E-state index in [-0.39, 0.29) is 22.6 Å². The summed E-state index contributed by atoms with van der Waals surface area (Å²) in [6.07, 6.45) is 1.64. The van der Waals surface area contributed by atoms with Gasteiger partial charge in [0, 0.05) is 31.5 Å².